The summed E-state index contributed by atoms with van der Waals surface area (Å²) in [7, 11) is 0. The molecule has 0 N–H and O–H groups in total. The lowest BCUT2D eigenvalue weighted by atomic mass is 9.95. The molecule has 2 aromatic rings. The Bertz CT molecular complexity index is 614. The monoisotopic (exact) mass is 250 g/mol. The first-order chi connectivity index (χ1) is 9.33. The van der Waals surface area contributed by atoms with Gasteiger partial charge in [-0.2, -0.15) is 0 Å². The molecule has 0 bridgehead atoms. The highest BCUT2D eigenvalue weighted by Crippen LogP contribution is 2.28. The molecule has 0 fully saturated rings. The number of rotatable bonds is 2. The lowest BCUT2D eigenvalue weighted by Gasteiger charge is -2.20. The van der Waals surface area contributed by atoms with Crippen LogP contribution in [0.2, 0.25) is 0 Å². The highest BCUT2D eigenvalue weighted by Gasteiger charge is 2.25. The molecule has 2 heteroatoms. The van der Waals surface area contributed by atoms with Crippen molar-refractivity contribution in [2.45, 2.75) is 6.42 Å². The second-order valence-corrected chi connectivity index (χ2v) is 4.61. The summed E-state index contributed by atoms with van der Waals surface area (Å²) in [5.41, 5.74) is 2.18. The van der Waals surface area contributed by atoms with Crippen LogP contribution < -0.4 is 4.74 Å². The van der Waals surface area contributed by atoms with Crippen LogP contribution in [-0.2, 0) is 11.2 Å². The van der Waals surface area contributed by atoms with Gasteiger partial charge in [0.25, 0.3) is 0 Å². The van der Waals surface area contributed by atoms with Gasteiger partial charge in [-0.15, -0.1) is 0 Å². The van der Waals surface area contributed by atoms with E-state index in [0.717, 1.165) is 11.1 Å². The minimum absolute atomic E-state index is 0.175. The Morgan fingerprint density at radius 1 is 1.00 bits per heavy atom. The average molecular weight is 250 g/mol. The van der Waals surface area contributed by atoms with Gasteiger partial charge in [-0.25, -0.2) is 0 Å². The zero-order chi connectivity index (χ0) is 13.1. The summed E-state index contributed by atoms with van der Waals surface area (Å²) in [5.74, 6) is 0.317. The molecule has 0 saturated heterocycles. The molecule has 1 aliphatic heterocycles. The van der Waals surface area contributed by atoms with Crippen LogP contribution in [-0.4, -0.2) is 5.97 Å². The van der Waals surface area contributed by atoms with Crippen molar-refractivity contribution in [1.29, 1.82) is 0 Å². The van der Waals surface area contributed by atoms with Crippen molar-refractivity contribution in [3.8, 4) is 5.75 Å². The molecule has 19 heavy (non-hydrogen) atoms. The van der Waals surface area contributed by atoms with Gasteiger partial charge in [0.05, 0.1) is 5.92 Å². The Kier molecular flexibility index (Phi) is 3.15. The number of carbonyl (C=O) groups is 1. The molecule has 94 valence electrons. The van der Waals surface area contributed by atoms with Gasteiger partial charge in [0.2, 0.25) is 0 Å². The molecule has 0 radical (unpaired) electrons. The lowest BCUT2D eigenvalue weighted by Crippen LogP contribution is -2.25. The summed E-state index contributed by atoms with van der Waals surface area (Å²) in [6.07, 6.45) is 4.60. The topological polar surface area (TPSA) is 26.3 Å². The summed E-state index contributed by atoms with van der Waals surface area (Å²) >= 11 is 0. The number of fused-ring (bicyclic) bond motifs is 1. The van der Waals surface area contributed by atoms with E-state index < -0.39 is 0 Å². The molecule has 1 atom stereocenters. The Balaban J connectivity index is 1.80. The summed E-state index contributed by atoms with van der Waals surface area (Å²) in [6, 6.07) is 17.7. The standard InChI is InChI=1S/C17H14O2/c18-17-15(11-10-13-6-2-1-3-7-13)12-14-8-4-5-9-16(14)19-17/h1-11,15H,12H2. The van der Waals surface area contributed by atoms with Gasteiger partial charge < -0.3 is 4.74 Å². The fraction of sp³-hybridized carbons (Fsp3) is 0.118. The molecule has 1 heterocycles. The lowest BCUT2D eigenvalue weighted by molar-refractivity contribution is -0.138. The van der Waals surface area contributed by atoms with Gasteiger partial charge in [-0.1, -0.05) is 60.7 Å². The van der Waals surface area contributed by atoms with Crippen LogP contribution in [0.4, 0.5) is 0 Å². The number of para-hydroxylation sites is 1. The first-order valence-electron chi connectivity index (χ1n) is 6.36. The molecule has 0 spiro atoms. The van der Waals surface area contributed by atoms with Crippen LogP contribution in [0.3, 0.4) is 0 Å². The van der Waals surface area contributed by atoms with Gasteiger partial charge in [0.1, 0.15) is 5.75 Å². The third-order valence-electron chi connectivity index (χ3n) is 3.25. The fourth-order valence-corrected chi connectivity index (χ4v) is 2.21. The number of hydrogen-bond donors (Lipinski definition) is 0. The number of esters is 1. The molecule has 0 saturated carbocycles. The van der Waals surface area contributed by atoms with Gasteiger partial charge >= 0.3 is 5.97 Å². The summed E-state index contributed by atoms with van der Waals surface area (Å²) < 4.78 is 5.34. The van der Waals surface area contributed by atoms with Crippen molar-refractivity contribution in [1.82, 2.24) is 0 Å². The minimum atomic E-state index is -0.199. The third kappa shape index (κ3) is 2.58. The molecular weight excluding hydrogens is 236 g/mol. The number of carbonyl (C=O) groups excluding carboxylic acids is 1. The van der Waals surface area contributed by atoms with Crippen LogP contribution in [0.25, 0.3) is 6.08 Å². The van der Waals surface area contributed by atoms with E-state index >= 15 is 0 Å². The van der Waals surface area contributed by atoms with Crippen LogP contribution >= 0.6 is 0 Å². The molecule has 0 amide bonds. The maximum Gasteiger partial charge on any atom is 0.318 e. The number of ether oxygens (including phenoxy) is 1. The Hall–Kier alpha value is -2.35. The van der Waals surface area contributed by atoms with Gasteiger partial charge in [-0.3, -0.25) is 4.79 Å². The first-order valence-corrected chi connectivity index (χ1v) is 6.36. The second-order valence-electron chi connectivity index (χ2n) is 4.61. The van der Waals surface area contributed by atoms with Crippen molar-refractivity contribution in [2.75, 3.05) is 0 Å². The minimum Gasteiger partial charge on any atom is -0.426 e. The molecule has 1 unspecified atom stereocenters. The van der Waals surface area contributed by atoms with E-state index in [1.54, 1.807) is 0 Å². The predicted octanol–water partition coefficient (Wildman–Crippen LogP) is 3.48. The average Bonchev–Trinajstić information content (AvgIpc) is 2.46. The smallest absolute Gasteiger partial charge is 0.318 e. The SMILES string of the molecule is O=C1Oc2ccccc2CC1C=Cc1ccccc1. The van der Waals surface area contributed by atoms with E-state index in [1.165, 1.54) is 0 Å². The maximum atomic E-state index is 11.9. The van der Waals surface area contributed by atoms with E-state index in [2.05, 4.69) is 0 Å². The van der Waals surface area contributed by atoms with E-state index in [4.69, 9.17) is 4.74 Å². The zero-order valence-corrected chi connectivity index (χ0v) is 10.5. The van der Waals surface area contributed by atoms with Gasteiger partial charge in [0, 0.05) is 0 Å². The molecule has 0 aromatic heterocycles. The molecule has 0 aliphatic carbocycles. The molecule has 3 rings (SSSR count). The summed E-state index contributed by atoms with van der Waals surface area (Å²) in [4.78, 5) is 11.9. The Morgan fingerprint density at radius 2 is 1.74 bits per heavy atom. The van der Waals surface area contributed by atoms with Gasteiger partial charge in [0.15, 0.2) is 0 Å². The van der Waals surface area contributed by atoms with Crippen molar-refractivity contribution >= 4 is 12.0 Å². The Labute approximate surface area is 112 Å². The van der Waals surface area contributed by atoms with Gasteiger partial charge in [-0.05, 0) is 23.6 Å². The van der Waals surface area contributed by atoms with E-state index in [0.29, 0.717) is 12.2 Å². The number of benzene rings is 2. The van der Waals surface area contributed by atoms with Crippen LogP contribution in [0.5, 0.6) is 5.75 Å². The summed E-state index contributed by atoms with van der Waals surface area (Å²) in [6.45, 7) is 0. The van der Waals surface area contributed by atoms with Crippen molar-refractivity contribution in [3.63, 3.8) is 0 Å². The van der Waals surface area contributed by atoms with Crippen molar-refractivity contribution in [3.05, 3.63) is 71.8 Å². The number of hydrogen-bond acceptors (Lipinski definition) is 2. The largest absolute Gasteiger partial charge is 0.426 e. The molecule has 2 nitrogen and oxygen atoms in total. The van der Waals surface area contributed by atoms with Crippen LogP contribution in [0.1, 0.15) is 11.1 Å². The zero-order valence-electron chi connectivity index (χ0n) is 10.5. The fourth-order valence-electron chi connectivity index (χ4n) is 2.21. The van der Waals surface area contributed by atoms with E-state index in [1.807, 2.05) is 66.7 Å². The quantitative estimate of drug-likeness (QED) is 0.602. The van der Waals surface area contributed by atoms with E-state index in [-0.39, 0.29) is 11.9 Å². The highest BCUT2D eigenvalue weighted by molar-refractivity contribution is 5.80. The predicted molar refractivity (Wildman–Crippen MR) is 74.7 cm³/mol. The highest BCUT2D eigenvalue weighted by atomic mass is 16.5. The molecule has 2 aromatic carbocycles. The normalized spacial score (nSPS) is 18.1. The van der Waals surface area contributed by atoms with Crippen LogP contribution in [0.15, 0.2) is 60.7 Å². The molecule has 1 aliphatic rings. The Morgan fingerprint density at radius 3 is 2.58 bits per heavy atom. The third-order valence-corrected chi connectivity index (χ3v) is 3.25. The van der Waals surface area contributed by atoms with E-state index in [9.17, 15) is 4.79 Å². The van der Waals surface area contributed by atoms with Crippen molar-refractivity contribution in [2.24, 2.45) is 5.92 Å². The van der Waals surface area contributed by atoms with Crippen LogP contribution in [0, 0.1) is 5.92 Å². The van der Waals surface area contributed by atoms with Crippen molar-refractivity contribution < 1.29 is 9.53 Å². The maximum absolute atomic E-state index is 11.9. The first kappa shape index (κ1) is 11.7. The second kappa shape index (κ2) is 5.11. The summed E-state index contributed by atoms with van der Waals surface area (Å²) in [5, 5.41) is 0. The molecular formula is C17H14O2.